The number of hydrogen-bond donors (Lipinski definition) is 3. The number of carbonyl (C=O) groups is 7. The van der Waals surface area contributed by atoms with Crippen LogP contribution in [0.1, 0.15) is 130 Å². The molecule has 1 heterocycles. The summed E-state index contributed by atoms with van der Waals surface area (Å²) in [4.78, 5) is 81.8. The molecule has 3 amide bonds. The van der Waals surface area contributed by atoms with Crippen LogP contribution in [-0.2, 0) is 62.0 Å². The van der Waals surface area contributed by atoms with Crippen LogP contribution in [0.5, 0.6) is 0 Å². The van der Waals surface area contributed by atoms with Gasteiger partial charge in [-0.25, -0.2) is 0 Å². The van der Waals surface area contributed by atoms with Crippen molar-refractivity contribution in [3.63, 3.8) is 0 Å². The molecule has 1 aliphatic heterocycles. The Labute approximate surface area is 320 Å². The lowest BCUT2D eigenvalue weighted by molar-refractivity contribution is -0.266. The number of Topliss-reactive ketones (excluding diaryl/α,β-unsaturated/α-hetero) is 1. The van der Waals surface area contributed by atoms with E-state index in [0.717, 1.165) is 44.9 Å². The van der Waals surface area contributed by atoms with Crippen molar-refractivity contribution in [2.75, 3.05) is 46.1 Å². The molecule has 0 aromatic carbocycles. The molecule has 1 saturated heterocycles. The predicted octanol–water partition coefficient (Wildman–Crippen LogP) is 3.35. The fourth-order valence-electron chi connectivity index (χ4n) is 5.67. The topological polar surface area (TPSA) is 211 Å². The molecular formula is C38H65N3O13. The standard InChI is InChI=1S/C38H65N3O13/c1-28(42)16-11-9-7-5-6-8-10-12-17-35(47)41-22-25-49-24-19-36(48)40-21-15-20-39-34(46)18-13-14-23-50-37-26-32(52-30(3)44)38(53-31(4)45)33(54-37)27-51-29(2)43/h32-33,37-38H,5-27H2,1-4H3,(H,39,46)(H,40,48)(H,41,47)/t32-,33-,37-,38-/m1/s1. The Bertz CT molecular complexity index is 1140. The van der Waals surface area contributed by atoms with Crippen molar-refractivity contribution in [1.82, 2.24) is 16.0 Å². The molecule has 0 spiro atoms. The van der Waals surface area contributed by atoms with Gasteiger partial charge >= 0.3 is 17.9 Å². The molecule has 1 fully saturated rings. The number of nitrogens with one attached hydrogen (secondary N) is 3. The summed E-state index contributed by atoms with van der Waals surface area (Å²) in [5.41, 5.74) is 0. The van der Waals surface area contributed by atoms with Crippen LogP contribution in [0.2, 0.25) is 0 Å². The van der Waals surface area contributed by atoms with Gasteiger partial charge in [0.05, 0.1) is 13.2 Å². The minimum atomic E-state index is -0.975. The highest BCUT2D eigenvalue weighted by atomic mass is 16.7. The molecule has 0 aromatic rings. The van der Waals surface area contributed by atoms with E-state index in [1.54, 1.807) is 6.92 Å². The predicted molar refractivity (Wildman–Crippen MR) is 197 cm³/mol. The first kappa shape index (κ1) is 48.4. The Morgan fingerprint density at radius 1 is 0.556 bits per heavy atom. The Morgan fingerprint density at radius 2 is 1.09 bits per heavy atom. The van der Waals surface area contributed by atoms with E-state index in [-0.39, 0.29) is 62.6 Å². The molecule has 0 radical (unpaired) electrons. The van der Waals surface area contributed by atoms with Crippen molar-refractivity contribution in [2.45, 2.75) is 155 Å². The van der Waals surface area contributed by atoms with Gasteiger partial charge < -0.3 is 49.2 Å². The highest BCUT2D eigenvalue weighted by Gasteiger charge is 2.44. The molecule has 0 aliphatic carbocycles. The fourth-order valence-corrected chi connectivity index (χ4v) is 5.67. The van der Waals surface area contributed by atoms with Crippen LogP contribution in [0.15, 0.2) is 0 Å². The molecule has 54 heavy (non-hydrogen) atoms. The van der Waals surface area contributed by atoms with Gasteiger partial charge in [-0.15, -0.1) is 0 Å². The summed E-state index contributed by atoms with van der Waals surface area (Å²) < 4.78 is 32.8. The number of unbranched alkanes of at least 4 members (excludes halogenated alkanes) is 8. The van der Waals surface area contributed by atoms with E-state index < -0.39 is 42.5 Å². The van der Waals surface area contributed by atoms with Gasteiger partial charge in [-0.2, -0.15) is 0 Å². The normalized spacial score (nSPS) is 17.9. The van der Waals surface area contributed by atoms with Crippen LogP contribution >= 0.6 is 0 Å². The lowest BCUT2D eigenvalue weighted by Gasteiger charge is -2.39. The number of amides is 3. The zero-order chi connectivity index (χ0) is 40.0. The minimum absolute atomic E-state index is 0.00866. The molecule has 16 heteroatoms. The first-order valence-corrected chi connectivity index (χ1v) is 19.5. The van der Waals surface area contributed by atoms with Crippen LogP contribution < -0.4 is 16.0 Å². The lowest BCUT2D eigenvalue weighted by Crippen LogP contribution is -2.54. The second-order valence-electron chi connectivity index (χ2n) is 13.5. The fraction of sp³-hybridized carbons (Fsp3) is 0.816. The van der Waals surface area contributed by atoms with E-state index in [0.29, 0.717) is 58.3 Å². The van der Waals surface area contributed by atoms with Crippen molar-refractivity contribution in [3.8, 4) is 0 Å². The lowest BCUT2D eigenvalue weighted by atomic mass is 10.0. The smallest absolute Gasteiger partial charge is 0.303 e. The van der Waals surface area contributed by atoms with Crippen LogP contribution in [0.4, 0.5) is 0 Å². The zero-order valence-electron chi connectivity index (χ0n) is 32.9. The summed E-state index contributed by atoms with van der Waals surface area (Å²) in [7, 11) is 0. The minimum Gasteiger partial charge on any atom is -0.463 e. The summed E-state index contributed by atoms with van der Waals surface area (Å²) in [6, 6.07) is 0. The van der Waals surface area contributed by atoms with Crippen molar-refractivity contribution in [3.05, 3.63) is 0 Å². The Morgan fingerprint density at radius 3 is 1.67 bits per heavy atom. The summed E-state index contributed by atoms with van der Waals surface area (Å²) in [5.74, 6) is -1.73. The molecule has 0 bridgehead atoms. The van der Waals surface area contributed by atoms with Crippen LogP contribution in [0.3, 0.4) is 0 Å². The van der Waals surface area contributed by atoms with Gasteiger partial charge in [0.2, 0.25) is 17.7 Å². The number of rotatable bonds is 31. The van der Waals surface area contributed by atoms with Gasteiger partial charge in [0.15, 0.2) is 12.4 Å². The molecule has 0 saturated carbocycles. The maximum atomic E-state index is 12.2. The van der Waals surface area contributed by atoms with E-state index in [1.807, 2.05) is 0 Å². The second kappa shape index (κ2) is 30.7. The third-order valence-corrected chi connectivity index (χ3v) is 8.38. The Hall–Kier alpha value is -3.63. The Balaban J connectivity index is 2.05. The third-order valence-electron chi connectivity index (χ3n) is 8.38. The Kier molecular flexibility index (Phi) is 27.5. The van der Waals surface area contributed by atoms with Crippen LogP contribution in [-0.4, -0.2) is 112 Å². The summed E-state index contributed by atoms with van der Waals surface area (Å²) in [5, 5.41) is 8.46. The van der Waals surface area contributed by atoms with E-state index in [2.05, 4.69) is 16.0 Å². The number of esters is 3. The maximum Gasteiger partial charge on any atom is 0.303 e. The summed E-state index contributed by atoms with van der Waals surface area (Å²) in [6.07, 6.45) is 8.49. The third kappa shape index (κ3) is 27.0. The van der Waals surface area contributed by atoms with Gasteiger partial charge in [-0.3, -0.25) is 28.8 Å². The number of ketones is 1. The molecule has 1 aliphatic rings. The maximum absolute atomic E-state index is 12.2. The highest BCUT2D eigenvalue weighted by molar-refractivity contribution is 5.77. The zero-order valence-corrected chi connectivity index (χ0v) is 32.9. The highest BCUT2D eigenvalue weighted by Crippen LogP contribution is 2.27. The number of ether oxygens (including phenoxy) is 6. The van der Waals surface area contributed by atoms with Gasteiger partial charge in [0.1, 0.15) is 24.6 Å². The summed E-state index contributed by atoms with van der Waals surface area (Å²) >= 11 is 0. The molecule has 310 valence electrons. The first-order chi connectivity index (χ1) is 25.9. The van der Waals surface area contributed by atoms with E-state index in [4.69, 9.17) is 28.4 Å². The number of carbonyl (C=O) groups excluding carboxylic acids is 7. The van der Waals surface area contributed by atoms with Gasteiger partial charge in [-0.05, 0) is 39.0 Å². The molecule has 16 nitrogen and oxygen atoms in total. The van der Waals surface area contributed by atoms with Crippen molar-refractivity contribution < 1.29 is 62.0 Å². The summed E-state index contributed by atoms with van der Waals surface area (Å²) in [6.45, 7) is 7.16. The quantitative estimate of drug-likeness (QED) is 0.0525. The van der Waals surface area contributed by atoms with Crippen LogP contribution in [0.25, 0.3) is 0 Å². The van der Waals surface area contributed by atoms with E-state index in [1.165, 1.54) is 27.2 Å². The monoisotopic (exact) mass is 771 g/mol. The molecular weight excluding hydrogens is 706 g/mol. The van der Waals surface area contributed by atoms with Gasteiger partial charge in [0, 0.05) is 79.1 Å². The molecule has 3 N–H and O–H groups in total. The average Bonchev–Trinajstić information content (AvgIpc) is 3.09. The van der Waals surface area contributed by atoms with Crippen molar-refractivity contribution >= 4 is 41.4 Å². The van der Waals surface area contributed by atoms with Gasteiger partial charge in [0.25, 0.3) is 0 Å². The van der Waals surface area contributed by atoms with Crippen molar-refractivity contribution in [2.24, 2.45) is 0 Å². The van der Waals surface area contributed by atoms with Crippen molar-refractivity contribution in [1.29, 1.82) is 0 Å². The molecule has 0 unspecified atom stereocenters. The first-order valence-electron chi connectivity index (χ1n) is 19.5. The molecule has 0 aromatic heterocycles. The van der Waals surface area contributed by atoms with Crippen LogP contribution in [0, 0.1) is 0 Å². The second-order valence-corrected chi connectivity index (χ2v) is 13.5. The number of hydrogen-bond acceptors (Lipinski definition) is 13. The SMILES string of the molecule is CC(=O)CCCCCCCCCCC(=O)NCCOCCC(=O)NCCCNC(=O)CCCCO[C@H]1C[C@@H](OC(C)=O)[C@@H](OC(C)=O)[C@@H](COC(C)=O)O1. The largest absolute Gasteiger partial charge is 0.463 e. The van der Waals surface area contributed by atoms with E-state index >= 15 is 0 Å². The average molecular weight is 772 g/mol. The molecule has 4 atom stereocenters. The molecule has 1 rings (SSSR count). The van der Waals surface area contributed by atoms with E-state index in [9.17, 15) is 33.6 Å². The van der Waals surface area contributed by atoms with Gasteiger partial charge in [-0.1, -0.05) is 38.5 Å².